The van der Waals surface area contributed by atoms with Crippen LogP contribution in [0.4, 0.5) is 5.69 Å². The maximum atomic E-state index is 6.42. The Morgan fingerprint density at radius 3 is 2.81 bits per heavy atom. The van der Waals surface area contributed by atoms with Gasteiger partial charge in [0, 0.05) is 18.5 Å². The Balaban J connectivity index is 2.24. The first-order valence-corrected chi connectivity index (χ1v) is 8.42. The van der Waals surface area contributed by atoms with Crippen LogP contribution >= 0.6 is 22.9 Å². The normalized spacial score (nSPS) is 12.4. The van der Waals surface area contributed by atoms with Gasteiger partial charge in [0.15, 0.2) is 0 Å². The zero-order valence-corrected chi connectivity index (χ0v) is 14.3. The van der Waals surface area contributed by atoms with Crippen LogP contribution in [0.5, 0.6) is 0 Å². The first kappa shape index (κ1) is 16.3. The van der Waals surface area contributed by atoms with Crippen molar-refractivity contribution in [3.63, 3.8) is 0 Å². The van der Waals surface area contributed by atoms with Crippen molar-refractivity contribution in [1.29, 1.82) is 0 Å². The number of aryl methyl sites for hydroxylation is 1. The molecule has 0 saturated carbocycles. The van der Waals surface area contributed by atoms with Crippen molar-refractivity contribution < 1.29 is 0 Å². The van der Waals surface area contributed by atoms with Crippen molar-refractivity contribution in [2.75, 3.05) is 11.9 Å². The third kappa shape index (κ3) is 4.19. The van der Waals surface area contributed by atoms with Gasteiger partial charge in [0.25, 0.3) is 0 Å². The summed E-state index contributed by atoms with van der Waals surface area (Å²) in [5, 5.41) is 3.95. The Morgan fingerprint density at radius 2 is 2.19 bits per heavy atom. The Kier molecular flexibility index (Phi) is 5.62. The van der Waals surface area contributed by atoms with E-state index in [0.29, 0.717) is 0 Å². The summed E-state index contributed by atoms with van der Waals surface area (Å²) in [6, 6.07) is 6.20. The highest BCUT2D eigenvalue weighted by Gasteiger charge is 2.15. The molecule has 0 fully saturated rings. The van der Waals surface area contributed by atoms with Crippen LogP contribution in [-0.2, 0) is 13.0 Å². The molecule has 3 nitrogen and oxygen atoms in total. The van der Waals surface area contributed by atoms with E-state index in [1.807, 2.05) is 19.1 Å². The van der Waals surface area contributed by atoms with Crippen molar-refractivity contribution in [3.8, 4) is 0 Å². The summed E-state index contributed by atoms with van der Waals surface area (Å²) in [6.45, 7) is 4.88. The van der Waals surface area contributed by atoms with E-state index in [-0.39, 0.29) is 6.04 Å². The highest BCUT2D eigenvalue weighted by atomic mass is 35.5. The van der Waals surface area contributed by atoms with Gasteiger partial charge in [0.2, 0.25) is 0 Å². The standard InChI is InChI=1S/C16H22ClN3S/c1-4-13(18)8-12-6-5-7-15(17)16(12)20(3)9-14-10-21-11(2)19-14/h5-7,10,13H,4,8-9,18H2,1-3H3. The number of para-hydroxylation sites is 1. The molecule has 0 saturated heterocycles. The van der Waals surface area contributed by atoms with Crippen LogP contribution in [0.15, 0.2) is 23.6 Å². The van der Waals surface area contributed by atoms with E-state index < -0.39 is 0 Å². The van der Waals surface area contributed by atoms with Crippen LogP contribution in [0.2, 0.25) is 5.02 Å². The fourth-order valence-corrected chi connectivity index (χ4v) is 3.32. The van der Waals surface area contributed by atoms with Gasteiger partial charge in [-0.25, -0.2) is 4.98 Å². The zero-order chi connectivity index (χ0) is 15.4. The molecule has 0 aliphatic heterocycles. The van der Waals surface area contributed by atoms with Crippen LogP contribution in [0.25, 0.3) is 0 Å². The number of benzene rings is 1. The Labute approximate surface area is 135 Å². The first-order chi connectivity index (χ1) is 10.0. The fraction of sp³-hybridized carbons (Fsp3) is 0.438. The third-order valence-electron chi connectivity index (χ3n) is 3.52. The fourth-order valence-electron chi connectivity index (χ4n) is 2.38. The van der Waals surface area contributed by atoms with Gasteiger partial charge in [-0.1, -0.05) is 30.7 Å². The number of anilines is 1. The van der Waals surface area contributed by atoms with Crippen LogP contribution in [0.1, 0.15) is 29.6 Å². The molecule has 0 bridgehead atoms. The molecule has 2 N–H and O–H groups in total. The highest BCUT2D eigenvalue weighted by molar-refractivity contribution is 7.09. The summed E-state index contributed by atoms with van der Waals surface area (Å²) in [5.41, 5.74) is 9.45. The molecule has 2 rings (SSSR count). The van der Waals surface area contributed by atoms with Crippen molar-refractivity contribution in [2.45, 2.75) is 39.3 Å². The number of halogens is 1. The zero-order valence-electron chi connectivity index (χ0n) is 12.8. The van der Waals surface area contributed by atoms with Gasteiger partial charge in [-0.3, -0.25) is 0 Å². The molecular formula is C16H22ClN3S. The van der Waals surface area contributed by atoms with Crippen molar-refractivity contribution >= 4 is 28.6 Å². The Morgan fingerprint density at radius 1 is 1.43 bits per heavy atom. The third-order valence-corrected chi connectivity index (χ3v) is 4.65. The molecule has 5 heteroatoms. The minimum Gasteiger partial charge on any atom is -0.367 e. The summed E-state index contributed by atoms with van der Waals surface area (Å²) in [5.74, 6) is 0. The number of thiazole rings is 1. The number of hydrogen-bond donors (Lipinski definition) is 1. The molecule has 0 amide bonds. The number of hydrogen-bond acceptors (Lipinski definition) is 4. The molecule has 1 aromatic heterocycles. The molecule has 0 spiro atoms. The van der Waals surface area contributed by atoms with Gasteiger partial charge in [0.05, 0.1) is 28.0 Å². The highest BCUT2D eigenvalue weighted by Crippen LogP contribution is 2.31. The summed E-state index contributed by atoms with van der Waals surface area (Å²) in [6.07, 6.45) is 1.80. The number of aromatic nitrogens is 1. The van der Waals surface area contributed by atoms with Crippen LogP contribution in [-0.4, -0.2) is 18.1 Å². The molecule has 1 unspecified atom stereocenters. The topological polar surface area (TPSA) is 42.1 Å². The van der Waals surface area contributed by atoms with E-state index in [2.05, 4.69) is 35.3 Å². The second kappa shape index (κ2) is 7.25. The Hall–Kier alpha value is -1.10. The first-order valence-electron chi connectivity index (χ1n) is 7.16. The van der Waals surface area contributed by atoms with Gasteiger partial charge in [-0.05, 0) is 31.4 Å². The molecule has 1 heterocycles. The smallest absolute Gasteiger partial charge is 0.0898 e. The lowest BCUT2D eigenvalue weighted by atomic mass is 10.0. The molecule has 0 radical (unpaired) electrons. The predicted octanol–water partition coefficient (Wildman–Crippen LogP) is 4.02. The van der Waals surface area contributed by atoms with E-state index in [9.17, 15) is 0 Å². The van der Waals surface area contributed by atoms with Gasteiger partial charge in [-0.2, -0.15) is 0 Å². The number of nitrogens with two attached hydrogens (primary N) is 1. The second-order valence-electron chi connectivity index (χ2n) is 5.33. The molecule has 114 valence electrons. The van der Waals surface area contributed by atoms with Gasteiger partial charge in [0.1, 0.15) is 0 Å². The number of nitrogens with zero attached hydrogens (tertiary/aromatic N) is 2. The van der Waals surface area contributed by atoms with Gasteiger partial charge < -0.3 is 10.6 Å². The lowest BCUT2D eigenvalue weighted by Crippen LogP contribution is -2.24. The monoisotopic (exact) mass is 323 g/mol. The molecular weight excluding hydrogens is 302 g/mol. The minimum atomic E-state index is 0.164. The molecule has 0 aliphatic carbocycles. The molecule has 0 aliphatic rings. The average molecular weight is 324 g/mol. The summed E-state index contributed by atoms with van der Waals surface area (Å²) in [7, 11) is 2.05. The van der Waals surface area contributed by atoms with E-state index in [4.69, 9.17) is 17.3 Å². The van der Waals surface area contributed by atoms with Gasteiger partial charge in [-0.15, -0.1) is 11.3 Å². The molecule has 1 atom stereocenters. The summed E-state index contributed by atoms with van der Waals surface area (Å²) < 4.78 is 0. The van der Waals surface area contributed by atoms with Crippen LogP contribution in [0.3, 0.4) is 0 Å². The van der Waals surface area contributed by atoms with E-state index in [1.54, 1.807) is 11.3 Å². The maximum absolute atomic E-state index is 6.42. The van der Waals surface area contributed by atoms with Crippen molar-refractivity contribution in [3.05, 3.63) is 44.9 Å². The summed E-state index contributed by atoms with van der Waals surface area (Å²) in [4.78, 5) is 6.68. The van der Waals surface area contributed by atoms with Crippen molar-refractivity contribution in [1.82, 2.24) is 4.98 Å². The number of rotatable bonds is 6. The lowest BCUT2D eigenvalue weighted by Gasteiger charge is -2.24. The quantitative estimate of drug-likeness (QED) is 0.873. The van der Waals surface area contributed by atoms with Gasteiger partial charge >= 0.3 is 0 Å². The molecule has 1 aromatic carbocycles. The van der Waals surface area contributed by atoms with Crippen LogP contribution in [0, 0.1) is 6.92 Å². The summed E-state index contributed by atoms with van der Waals surface area (Å²) >= 11 is 8.10. The average Bonchev–Trinajstić information content (AvgIpc) is 2.83. The molecule has 2 aromatic rings. The predicted molar refractivity (Wildman–Crippen MR) is 92.4 cm³/mol. The Bertz CT molecular complexity index is 597. The van der Waals surface area contributed by atoms with E-state index in [1.165, 1.54) is 5.56 Å². The van der Waals surface area contributed by atoms with Crippen molar-refractivity contribution in [2.24, 2.45) is 5.73 Å². The van der Waals surface area contributed by atoms with Crippen LogP contribution < -0.4 is 10.6 Å². The largest absolute Gasteiger partial charge is 0.367 e. The second-order valence-corrected chi connectivity index (χ2v) is 6.80. The molecule has 21 heavy (non-hydrogen) atoms. The van der Waals surface area contributed by atoms with E-state index in [0.717, 1.165) is 40.8 Å². The maximum Gasteiger partial charge on any atom is 0.0898 e. The SMILES string of the molecule is CCC(N)Cc1cccc(Cl)c1N(C)Cc1csc(C)n1. The van der Waals surface area contributed by atoms with E-state index >= 15 is 0 Å². The minimum absolute atomic E-state index is 0.164. The lowest BCUT2D eigenvalue weighted by molar-refractivity contribution is 0.645.